The Morgan fingerprint density at radius 3 is 2.50 bits per heavy atom. The van der Waals surface area contributed by atoms with Gasteiger partial charge in [0.05, 0.1) is 0 Å². The van der Waals surface area contributed by atoms with Crippen molar-refractivity contribution in [3.8, 4) is 11.5 Å². The van der Waals surface area contributed by atoms with E-state index in [-0.39, 0.29) is 0 Å². The van der Waals surface area contributed by atoms with Crippen LogP contribution in [0.25, 0.3) is 0 Å². The topological polar surface area (TPSA) is 9.23 Å². The second-order valence-corrected chi connectivity index (χ2v) is 5.77. The van der Waals surface area contributed by atoms with Crippen LogP contribution in [0.1, 0.15) is 37.3 Å². The summed E-state index contributed by atoms with van der Waals surface area (Å²) in [6, 6.07) is 13.9. The van der Waals surface area contributed by atoms with Crippen LogP contribution in [0.5, 0.6) is 11.5 Å². The highest BCUT2D eigenvalue weighted by Gasteiger charge is 2.13. The van der Waals surface area contributed by atoms with Crippen LogP contribution < -0.4 is 4.74 Å². The van der Waals surface area contributed by atoms with Crippen molar-refractivity contribution in [2.24, 2.45) is 0 Å². The van der Waals surface area contributed by atoms with Gasteiger partial charge in [-0.1, -0.05) is 65.6 Å². The van der Waals surface area contributed by atoms with Gasteiger partial charge in [0.15, 0.2) is 0 Å². The van der Waals surface area contributed by atoms with Gasteiger partial charge in [-0.25, -0.2) is 0 Å². The van der Waals surface area contributed by atoms with Crippen molar-refractivity contribution in [1.29, 1.82) is 0 Å². The Labute approximate surface area is 134 Å². The van der Waals surface area contributed by atoms with Crippen molar-refractivity contribution in [3.63, 3.8) is 0 Å². The molecule has 2 aromatic carbocycles. The highest BCUT2D eigenvalue weighted by Crippen LogP contribution is 2.36. The molecule has 0 heterocycles. The van der Waals surface area contributed by atoms with Crippen LogP contribution in [0.2, 0.25) is 5.02 Å². The Morgan fingerprint density at radius 2 is 1.80 bits per heavy atom. The summed E-state index contributed by atoms with van der Waals surface area (Å²) < 4.78 is 6.12. The van der Waals surface area contributed by atoms with Crippen LogP contribution in [-0.4, -0.2) is 0 Å². The third-order valence-corrected chi connectivity index (χ3v) is 4.41. The van der Waals surface area contributed by atoms with Crippen molar-refractivity contribution in [2.45, 2.75) is 31.5 Å². The average molecular weight is 354 g/mol. The molecule has 0 fully saturated rings. The summed E-state index contributed by atoms with van der Waals surface area (Å²) in [6.07, 6.45) is 1.08. The lowest BCUT2D eigenvalue weighted by atomic mass is 9.98. The third-order valence-electron chi connectivity index (χ3n) is 3.49. The fourth-order valence-electron chi connectivity index (χ4n) is 2.08. The smallest absolute Gasteiger partial charge is 0.132 e. The molecule has 0 radical (unpaired) electrons. The van der Waals surface area contributed by atoms with Gasteiger partial charge < -0.3 is 4.74 Å². The maximum atomic E-state index is 6.22. The highest BCUT2D eigenvalue weighted by molar-refractivity contribution is 9.08. The first kappa shape index (κ1) is 15.4. The maximum absolute atomic E-state index is 6.22. The molecule has 0 aliphatic rings. The number of hydrogen-bond acceptors (Lipinski definition) is 1. The number of alkyl halides is 1. The first-order valence-electron chi connectivity index (χ1n) is 6.77. The molecule has 0 saturated heterocycles. The lowest BCUT2D eigenvalue weighted by Gasteiger charge is -2.17. The van der Waals surface area contributed by atoms with Crippen LogP contribution >= 0.6 is 27.5 Å². The van der Waals surface area contributed by atoms with E-state index < -0.39 is 0 Å². The quantitative estimate of drug-likeness (QED) is 0.554. The molecule has 0 aliphatic carbocycles. The molecule has 0 saturated carbocycles. The van der Waals surface area contributed by atoms with Gasteiger partial charge in [-0.15, -0.1) is 0 Å². The Hall–Kier alpha value is -0.990. The number of benzene rings is 2. The summed E-state index contributed by atoms with van der Waals surface area (Å²) >= 11 is 9.68. The fourth-order valence-corrected chi connectivity index (χ4v) is 3.06. The van der Waals surface area contributed by atoms with E-state index in [1.807, 2.05) is 30.3 Å². The van der Waals surface area contributed by atoms with Crippen molar-refractivity contribution >= 4 is 27.5 Å². The largest absolute Gasteiger partial charge is 0.457 e. The maximum Gasteiger partial charge on any atom is 0.132 e. The van der Waals surface area contributed by atoms with Crippen molar-refractivity contribution in [3.05, 3.63) is 58.6 Å². The first-order chi connectivity index (χ1) is 9.67. The molecule has 20 heavy (non-hydrogen) atoms. The first-order valence-corrected chi connectivity index (χ1v) is 8.27. The number of para-hydroxylation sites is 1. The van der Waals surface area contributed by atoms with Gasteiger partial charge in [0.2, 0.25) is 0 Å². The number of rotatable bonds is 5. The summed E-state index contributed by atoms with van der Waals surface area (Å²) in [5.74, 6) is 2.19. The molecule has 0 spiro atoms. The predicted molar refractivity (Wildman–Crippen MR) is 89.3 cm³/mol. The second kappa shape index (κ2) is 7.14. The van der Waals surface area contributed by atoms with Crippen LogP contribution in [-0.2, 0) is 5.33 Å². The minimum atomic E-state index is 0.470. The molecule has 0 aliphatic heterocycles. The van der Waals surface area contributed by atoms with E-state index in [4.69, 9.17) is 16.3 Å². The summed E-state index contributed by atoms with van der Waals surface area (Å²) in [4.78, 5) is 0. The third kappa shape index (κ3) is 3.36. The van der Waals surface area contributed by atoms with E-state index in [0.717, 1.165) is 28.5 Å². The predicted octanol–water partition coefficient (Wildman–Crippen LogP) is 6.54. The molecule has 2 aromatic rings. The molecular formula is C17H18BrClO. The van der Waals surface area contributed by atoms with Gasteiger partial charge in [-0.2, -0.15) is 0 Å². The molecule has 1 atom stereocenters. The van der Waals surface area contributed by atoms with Gasteiger partial charge in [-0.05, 0) is 36.1 Å². The monoisotopic (exact) mass is 352 g/mol. The Bertz CT molecular complexity index is 583. The molecule has 1 nitrogen and oxygen atoms in total. The van der Waals surface area contributed by atoms with E-state index >= 15 is 0 Å². The fraction of sp³-hybridized carbons (Fsp3) is 0.294. The summed E-state index contributed by atoms with van der Waals surface area (Å²) in [7, 11) is 0. The van der Waals surface area contributed by atoms with Gasteiger partial charge in [0.1, 0.15) is 11.5 Å². The van der Waals surface area contributed by atoms with E-state index in [1.165, 1.54) is 5.56 Å². The molecule has 1 unspecified atom stereocenters. The van der Waals surface area contributed by atoms with Crippen LogP contribution in [0.3, 0.4) is 0 Å². The Morgan fingerprint density at radius 1 is 1.10 bits per heavy atom. The Kier molecular flexibility index (Phi) is 5.50. The normalized spacial score (nSPS) is 12.2. The average Bonchev–Trinajstić information content (AvgIpc) is 2.47. The van der Waals surface area contributed by atoms with E-state index in [2.05, 4.69) is 41.9 Å². The van der Waals surface area contributed by atoms with Crippen LogP contribution in [0, 0.1) is 0 Å². The van der Waals surface area contributed by atoms with Gasteiger partial charge in [-0.3, -0.25) is 0 Å². The van der Waals surface area contributed by atoms with Crippen LogP contribution in [0.4, 0.5) is 0 Å². The van der Waals surface area contributed by atoms with Crippen molar-refractivity contribution < 1.29 is 4.74 Å². The van der Waals surface area contributed by atoms with Crippen molar-refractivity contribution in [2.75, 3.05) is 0 Å². The van der Waals surface area contributed by atoms with Gasteiger partial charge in [0, 0.05) is 15.9 Å². The Balaban J connectivity index is 2.38. The molecular weight excluding hydrogens is 336 g/mol. The zero-order chi connectivity index (χ0) is 14.5. The standard InChI is InChI=1S/C17H18BrClO/c1-3-12(2)13-7-4-5-9-16(13)20-17-10-6-8-15(19)14(17)11-18/h4-10,12H,3,11H2,1-2H3. The van der Waals surface area contributed by atoms with Gasteiger partial charge in [0.25, 0.3) is 0 Å². The number of halogens is 2. The minimum absolute atomic E-state index is 0.470. The summed E-state index contributed by atoms with van der Waals surface area (Å²) in [5, 5.41) is 1.40. The van der Waals surface area contributed by atoms with E-state index in [1.54, 1.807) is 0 Å². The molecule has 0 aromatic heterocycles. The van der Waals surface area contributed by atoms with Gasteiger partial charge >= 0.3 is 0 Å². The van der Waals surface area contributed by atoms with E-state index in [9.17, 15) is 0 Å². The highest BCUT2D eigenvalue weighted by atomic mass is 79.9. The molecule has 3 heteroatoms. The second-order valence-electron chi connectivity index (χ2n) is 4.80. The zero-order valence-electron chi connectivity index (χ0n) is 11.7. The lowest BCUT2D eigenvalue weighted by Crippen LogP contribution is -1.97. The minimum Gasteiger partial charge on any atom is -0.457 e. The molecule has 0 amide bonds. The van der Waals surface area contributed by atoms with Crippen molar-refractivity contribution in [1.82, 2.24) is 0 Å². The summed E-state index contributed by atoms with van der Waals surface area (Å²) in [6.45, 7) is 4.40. The van der Waals surface area contributed by atoms with Crippen LogP contribution in [0.15, 0.2) is 42.5 Å². The number of ether oxygens (including phenoxy) is 1. The zero-order valence-corrected chi connectivity index (χ0v) is 14.0. The molecule has 2 rings (SSSR count). The molecule has 106 valence electrons. The molecule has 0 bridgehead atoms. The van der Waals surface area contributed by atoms with E-state index in [0.29, 0.717) is 11.2 Å². The summed E-state index contributed by atoms with van der Waals surface area (Å²) in [5.41, 5.74) is 2.21. The number of hydrogen-bond donors (Lipinski definition) is 0. The lowest BCUT2D eigenvalue weighted by molar-refractivity contribution is 0.466. The SMILES string of the molecule is CCC(C)c1ccccc1Oc1cccc(Cl)c1CBr. The molecule has 0 N–H and O–H groups in total.